The molecular formula is C22H21ClFN3O2. The largest absolute Gasteiger partial charge is 0.378 e. The molecule has 150 valence electrons. The molecule has 0 bridgehead atoms. The van der Waals surface area contributed by atoms with Crippen molar-refractivity contribution in [3.8, 4) is 0 Å². The molecule has 0 spiro atoms. The van der Waals surface area contributed by atoms with Gasteiger partial charge in [-0.2, -0.15) is 0 Å². The van der Waals surface area contributed by atoms with Crippen LogP contribution in [0, 0.1) is 5.82 Å². The van der Waals surface area contributed by atoms with Crippen LogP contribution in [0.5, 0.6) is 0 Å². The molecule has 2 aromatic carbocycles. The minimum absolute atomic E-state index is 0.0505. The molecule has 1 fully saturated rings. The van der Waals surface area contributed by atoms with Crippen molar-refractivity contribution in [1.82, 2.24) is 9.88 Å². The van der Waals surface area contributed by atoms with Crippen LogP contribution in [0.1, 0.15) is 15.9 Å². The summed E-state index contributed by atoms with van der Waals surface area (Å²) < 4.78 is 19.6. The smallest absolute Gasteiger partial charge is 0.254 e. The average molecular weight is 414 g/mol. The summed E-state index contributed by atoms with van der Waals surface area (Å²) >= 11 is 6.18. The molecule has 0 atom stereocenters. The summed E-state index contributed by atoms with van der Waals surface area (Å²) in [5.74, 6) is 0.167. The Morgan fingerprint density at radius 2 is 1.97 bits per heavy atom. The number of morpholine rings is 1. The lowest BCUT2D eigenvalue weighted by Crippen LogP contribution is -2.40. The maximum atomic E-state index is 14.2. The van der Waals surface area contributed by atoms with Gasteiger partial charge in [-0.05, 0) is 24.3 Å². The fourth-order valence-corrected chi connectivity index (χ4v) is 3.70. The first-order valence-corrected chi connectivity index (χ1v) is 9.83. The number of nitrogens with zero attached hydrogens (tertiary/aromatic N) is 3. The molecule has 0 aliphatic carbocycles. The van der Waals surface area contributed by atoms with E-state index in [1.54, 1.807) is 28.0 Å². The molecule has 2 heterocycles. The van der Waals surface area contributed by atoms with E-state index in [9.17, 15) is 9.18 Å². The number of benzene rings is 2. The zero-order valence-electron chi connectivity index (χ0n) is 16.1. The number of amides is 1. The zero-order valence-corrected chi connectivity index (χ0v) is 16.8. The van der Waals surface area contributed by atoms with Crippen molar-refractivity contribution in [2.24, 2.45) is 0 Å². The minimum Gasteiger partial charge on any atom is -0.378 e. The van der Waals surface area contributed by atoms with E-state index in [4.69, 9.17) is 16.3 Å². The van der Waals surface area contributed by atoms with Crippen LogP contribution in [0.2, 0.25) is 5.02 Å². The number of pyridine rings is 1. The summed E-state index contributed by atoms with van der Waals surface area (Å²) in [6, 6.07) is 13.9. The Kier molecular flexibility index (Phi) is 5.65. The number of fused-ring (bicyclic) bond motifs is 1. The number of carbonyl (C=O) groups is 1. The van der Waals surface area contributed by atoms with Crippen LogP contribution in [0.25, 0.3) is 10.9 Å². The van der Waals surface area contributed by atoms with Crippen molar-refractivity contribution in [3.05, 3.63) is 70.5 Å². The second-order valence-electron chi connectivity index (χ2n) is 7.01. The number of anilines is 1. The lowest BCUT2D eigenvalue weighted by atomic mass is 10.1. The highest BCUT2D eigenvalue weighted by Gasteiger charge is 2.22. The van der Waals surface area contributed by atoms with Crippen LogP contribution >= 0.6 is 11.6 Å². The van der Waals surface area contributed by atoms with Gasteiger partial charge in [0.25, 0.3) is 5.91 Å². The van der Waals surface area contributed by atoms with Crippen molar-refractivity contribution < 1.29 is 13.9 Å². The number of aromatic nitrogens is 1. The molecule has 0 radical (unpaired) electrons. The molecule has 0 saturated carbocycles. The van der Waals surface area contributed by atoms with Crippen molar-refractivity contribution >= 4 is 34.2 Å². The van der Waals surface area contributed by atoms with Crippen LogP contribution in [0.15, 0.2) is 48.5 Å². The van der Waals surface area contributed by atoms with Gasteiger partial charge in [-0.1, -0.05) is 35.9 Å². The highest BCUT2D eigenvalue weighted by Crippen LogP contribution is 2.27. The molecule has 1 aliphatic rings. The molecule has 1 saturated heterocycles. The van der Waals surface area contributed by atoms with Crippen molar-refractivity contribution in [3.63, 3.8) is 0 Å². The Morgan fingerprint density at radius 3 is 2.72 bits per heavy atom. The van der Waals surface area contributed by atoms with Gasteiger partial charge in [-0.3, -0.25) is 4.79 Å². The average Bonchev–Trinajstić information content (AvgIpc) is 2.75. The molecule has 0 unspecified atom stereocenters. The lowest BCUT2D eigenvalue weighted by molar-refractivity contribution is 0.0304. The standard InChI is InChI=1S/C22H21ClFN3O2/c1-26(14-17-18(23)6-4-7-19(17)24)21-13-16(15-5-2-3-8-20(15)25-21)22(28)27-9-11-29-12-10-27/h2-8,13H,9-12,14H2,1H3. The Labute approximate surface area is 173 Å². The van der Waals surface area contributed by atoms with Crippen LogP contribution in [-0.2, 0) is 11.3 Å². The van der Waals surface area contributed by atoms with E-state index in [-0.39, 0.29) is 18.3 Å². The Morgan fingerprint density at radius 1 is 1.21 bits per heavy atom. The monoisotopic (exact) mass is 413 g/mol. The van der Waals surface area contributed by atoms with E-state index in [2.05, 4.69) is 4.98 Å². The number of hydrogen-bond acceptors (Lipinski definition) is 4. The fraction of sp³-hybridized carbons (Fsp3) is 0.273. The molecule has 7 heteroatoms. The normalized spacial score (nSPS) is 14.2. The van der Waals surface area contributed by atoms with E-state index in [0.717, 1.165) is 5.39 Å². The van der Waals surface area contributed by atoms with E-state index >= 15 is 0 Å². The zero-order chi connectivity index (χ0) is 20.4. The van der Waals surface area contributed by atoms with Crippen molar-refractivity contribution in [1.29, 1.82) is 0 Å². The number of para-hydroxylation sites is 1. The van der Waals surface area contributed by atoms with Gasteiger partial charge in [0.15, 0.2) is 0 Å². The van der Waals surface area contributed by atoms with Crippen LogP contribution in [0.3, 0.4) is 0 Å². The van der Waals surface area contributed by atoms with Crippen LogP contribution in [-0.4, -0.2) is 49.1 Å². The summed E-state index contributed by atoms with van der Waals surface area (Å²) in [6.07, 6.45) is 0. The number of halogens is 2. The molecule has 1 aromatic heterocycles. The molecule has 5 nitrogen and oxygen atoms in total. The molecule has 4 rings (SSSR count). The number of carbonyl (C=O) groups excluding carboxylic acids is 1. The van der Waals surface area contributed by atoms with Gasteiger partial charge in [-0.15, -0.1) is 0 Å². The lowest BCUT2D eigenvalue weighted by Gasteiger charge is -2.28. The first-order chi connectivity index (χ1) is 14.0. The molecular weight excluding hydrogens is 393 g/mol. The Bertz CT molecular complexity index is 1030. The second kappa shape index (κ2) is 8.35. The second-order valence-corrected chi connectivity index (χ2v) is 7.41. The highest BCUT2D eigenvalue weighted by atomic mass is 35.5. The SMILES string of the molecule is CN(Cc1c(F)cccc1Cl)c1cc(C(=O)N2CCOCC2)c2ccccc2n1. The van der Waals surface area contributed by atoms with Crippen LogP contribution < -0.4 is 4.90 Å². The van der Waals surface area contributed by atoms with Gasteiger partial charge in [0.1, 0.15) is 11.6 Å². The van der Waals surface area contributed by atoms with Gasteiger partial charge >= 0.3 is 0 Å². The maximum Gasteiger partial charge on any atom is 0.254 e. The summed E-state index contributed by atoms with van der Waals surface area (Å²) in [7, 11) is 1.81. The van der Waals surface area contributed by atoms with E-state index < -0.39 is 0 Å². The summed E-state index contributed by atoms with van der Waals surface area (Å²) in [4.78, 5) is 21.5. The Hall–Kier alpha value is -2.70. The number of hydrogen-bond donors (Lipinski definition) is 0. The molecule has 1 aliphatic heterocycles. The predicted molar refractivity (Wildman–Crippen MR) is 112 cm³/mol. The summed E-state index contributed by atoms with van der Waals surface area (Å²) in [5.41, 5.74) is 1.69. The van der Waals surface area contributed by atoms with Gasteiger partial charge in [0.05, 0.1) is 24.3 Å². The van der Waals surface area contributed by atoms with Crippen molar-refractivity contribution in [2.75, 3.05) is 38.3 Å². The third-order valence-electron chi connectivity index (χ3n) is 5.08. The summed E-state index contributed by atoms with van der Waals surface area (Å²) in [5, 5.41) is 1.16. The van der Waals surface area contributed by atoms with Crippen molar-refractivity contribution in [2.45, 2.75) is 6.54 Å². The van der Waals surface area contributed by atoms with Gasteiger partial charge in [-0.25, -0.2) is 9.37 Å². The quantitative estimate of drug-likeness (QED) is 0.645. The van der Waals surface area contributed by atoms with E-state index in [0.29, 0.717) is 53.8 Å². The van der Waals surface area contributed by atoms with E-state index in [1.165, 1.54) is 6.07 Å². The predicted octanol–water partition coefficient (Wildman–Crippen LogP) is 4.14. The fourth-order valence-electron chi connectivity index (χ4n) is 3.47. The first kappa shape index (κ1) is 19.6. The van der Waals surface area contributed by atoms with Gasteiger partial charge in [0.2, 0.25) is 0 Å². The van der Waals surface area contributed by atoms with E-state index in [1.807, 2.05) is 31.3 Å². The molecule has 29 heavy (non-hydrogen) atoms. The van der Waals surface area contributed by atoms with Crippen LogP contribution in [0.4, 0.5) is 10.2 Å². The molecule has 0 N–H and O–H groups in total. The number of rotatable bonds is 4. The third kappa shape index (κ3) is 4.04. The summed E-state index contributed by atoms with van der Waals surface area (Å²) in [6.45, 7) is 2.43. The maximum absolute atomic E-state index is 14.2. The molecule has 1 amide bonds. The van der Waals surface area contributed by atoms with Gasteiger partial charge in [0, 0.05) is 42.7 Å². The first-order valence-electron chi connectivity index (χ1n) is 9.45. The number of ether oxygens (including phenoxy) is 1. The minimum atomic E-state index is -0.366. The highest BCUT2D eigenvalue weighted by molar-refractivity contribution is 6.31. The molecule has 3 aromatic rings. The van der Waals surface area contributed by atoms with Gasteiger partial charge < -0.3 is 14.5 Å². The topological polar surface area (TPSA) is 45.7 Å². The third-order valence-corrected chi connectivity index (χ3v) is 5.43. The Balaban J connectivity index is 1.72.